The maximum Gasteiger partial charge on any atom is 0.354 e. The number of carboxylic acid groups (broad SMARTS) is 1. The second kappa shape index (κ2) is 4.71. The van der Waals surface area contributed by atoms with Crippen molar-refractivity contribution in [3.8, 4) is 0 Å². The predicted molar refractivity (Wildman–Crippen MR) is 62.4 cm³/mol. The molecule has 1 saturated heterocycles. The van der Waals surface area contributed by atoms with E-state index in [9.17, 15) is 9.59 Å². The monoisotopic (exact) mass is 254 g/mol. The van der Waals surface area contributed by atoms with Gasteiger partial charge in [-0.25, -0.2) is 9.78 Å². The summed E-state index contributed by atoms with van der Waals surface area (Å²) in [7, 11) is 0. The Kier molecular flexibility index (Phi) is 3.28. The fourth-order valence-electron chi connectivity index (χ4n) is 1.80. The Balaban J connectivity index is 2.25. The molecule has 0 bridgehead atoms. The summed E-state index contributed by atoms with van der Waals surface area (Å²) in [6.45, 7) is 0.498. The van der Waals surface area contributed by atoms with Crippen molar-refractivity contribution in [2.75, 3.05) is 17.3 Å². The summed E-state index contributed by atoms with van der Waals surface area (Å²) in [6, 6.07) is 4.60. The SMILES string of the molecule is O=C(O)c1cccc(N2CC(CCl)CC2=O)n1. The molecule has 0 radical (unpaired) electrons. The van der Waals surface area contributed by atoms with E-state index in [4.69, 9.17) is 16.7 Å². The minimum absolute atomic E-state index is 0.0642. The molecule has 5 nitrogen and oxygen atoms in total. The number of nitrogens with zero attached hydrogens (tertiary/aromatic N) is 2. The lowest BCUT2D eigenvalue weighted by Gasteiger charge is -2.15. The Morgan fingerprint density at radius 3 is 2.94 bits per heavy atom. The molecular weight excluding hydrogens is 244 g/mol. The van der Waals surface area contributed by atoms with E-state index in [1.54, 1.807) is 12.1 Å². The van der Waals surface area contributed by atoms with Gasteiger partial charge in [-0.1, -0.05) is 6.07 Å². The summed E-state index contributed by atoms with van der Waals surface area (Å²) in [5, 5.41) is 8.83. The molecule has 1 aromatic rings. The molecule has 0 saturated carbocycles. The van der Waals surface area contributed by atoms with Gasteiger partial charge >= 0.3 is 5.97 Å². The predicted octanol–water partition coefficient (Wildman–Crippen LogP) is 1.37. The van der Waals surface area contributed by atoms with E-state index in [1.807, 2.05) is 0 Å². The molecule has 2 heterocycles. The van der Waals surface area contributed by atoms with E-state index < -0.39 is 5.97 Å². The van der Waals surface area contributed by atoms with Crippen LogP contribution in [0.3, 0.4) is 0 Å². The van der Waals surface area contributed by atoms with Crippen LogP contribution in [0.15, 0.2) is 18.2 Å². The van der Waals surface area contributed by atoms with Gasteiger partial charge in [0.2, 0.25) is 5.91 Å². The van der Waals surface area contributed by atoms with Gasteiger partial charge in [-0.3, -0.25) is 9.69 Å². The van der Waals surface area contributed by atoms with Crippen LogP contribution in [-0.4, -0.2) is 34.4 Å². The zero-order valence-electron chi connectivity index (χ0n) is 8.97. The van der Waals surface area contributed by atoms with Crippen LogP contribution in [0, 0.1) is 5.92 Å². The Hall–Kier alpha value is -1.62. The molecule has 2 rings (SSSR count). The molecule has 1 unspecified atom stereocenters. The van der Waals surface area contributed by atoms with Crippen molar-refractivity contribution < 1.29 is 14.7 Å². The molecule has 1 aromatic heterocycles. The van der Waals surface area contributed by atoms with Gasteiger partial charge in [-0.2, -0.15) is 0 Å². The highest BCUT2D eigenvalue weighted by atomic mass is 35.5. The van der Waals surface area contributed by atoms with Crippen molar-refractivity contribution in [3.05, 3.63) is 23.9 Å². The second-order valence-electron chi connectivity index (χ2n) is 3.91. The molecule has 1 aliphatic rings. The van der Waals surface area contributed by atoms with E-state index in [0.29, 0.717) is 24.7 Å². The summed E-state index contributed by atoms with van der Waals surface area (Å²) < 4.78 is 0. The van der Waals surface area contributed by atoms with Crippen LogP contribution < -0.4 is 4.90 Å². The van der Waals surface area contributed by atoms with Gasteiger partial charge in [0, 0.05) is 18.8 Å². The highest BCUT2D eigenvalue weighted by Crippen LogP contribution is 2.24. The first-order valence-electron chi connectivity index (χ1n) is 5.18. The Bertz CT molecular complexity index is 464. The van der Waals surface area contributed by atoms with Crippen LogP contribution in [0.5, 0.6) is 0 Å². The molecule has 6 heteroatoms. The van der Waals surface area contributed by atoms with Gasteiger partial charge in [0.25, 0.3) is 0 Å². The average Bonchev–Trinajstić information content (AvgIpc) is 2.71. The van der Waals surface area contributed by atoms with E-state index in [1.165, 1.54) is 11.0 Å². The smallest absolute Gasteiger partial charge is 0.354 e. The summed E-state index contributed by atoms with van der Waals surface area (Å²) in [5.41, 5.74) is -0.0652. The topological polar surface area (TPSA) is 70.5 Å². The number of halogens is 1. The summed E-state index contributed by atoms with van der Waals surface area (Å²) in [6.07, 6.45) is 0.391. The third kappa shape index (κ3) is 2.39. The third-order valence-electron chi connectivity index (χ3n) is 2.65. The zero-order valence-corrected chi connectivity index (χ0v) is 9.72. The minimum atomic E-state index is -1.10. The van der Waals surface area contributed by atoms with Crippen molar-refractivity contribution in [2.24, 2.45) is 5.92 Å². The van der Waals surface area contributed by atoms with Crippen LogP contribution in [-0.2, 0) is 4.79 Å². The van der Waals surface area contributed by atoms with Crippen LogP contribution >= 0.6 is 11.6 Å². The summed E-state index contributed by atoms with van der Waals surface area (Å²) in [5.74, 6) is -0.263. The standard InChI is InChI=1S/C11H11ClN2O3/c12-5-7-4-10(15)14(6-7)9-3-1-2-8(13-9)11(16)17/h1-3,7H,4-6H2,(H,16,17). The van der Waals surface area contributed by atoms with Gasteiger partial charge in [-0.05, 0) is 18.1 Å². The largest absolute Gasteiger partial charge is 0.477 e. The minimum Gasteiger partial charge on any atom is -0.477 e. The number of amides is 1. The van der Waals surface area contributed by atoms with E-state index in [0.717, 1.165) is 0 Å². The number of hydrogen-bond donors (Lipinski definition) is 1. The number of carbonyl (C=O) groups excluding carboxylic acids is 1. The van der Waals surface area contributed by atoms with Crippen molar-refractivity contribution >= 4 is 29.3 Å². The van der Waals surface area contributed by atoms with Gasteiger partial charge in [0.05, 0.1) is 0 Å². The van der Waals surface area contributed by atoms with Crippen LogP contribution in [0.1, 0.15) is 16.9 Å². The van der Waals surface area contributed by atoms with Gasteiger partial charge in [-0.15, -0.1) is 11.6 Å². The van der Waals surface area contributed by atoms with E-state index >= 15 is 0 Å². The van der Waals surface area contributed by atoms with Gasteiger partial charge in [0.15, 0.2) is 5.69 Å². The molecule has 1 amide bonds. The molecule has 1 aliphatic heterocycles. The number of aromatic nitrogens is 1. The molecule has 0 aliphatic carbocycles. The molecule has 0 spiro atoms. The van der Waals surface area contributed by atoms with Gasteiger partial charge in [0.1, 0.15) is 5.82 Å². The number of hydrogen-bond acceptors (Lipinski definition) is 3. The maximum absolute atomic E-state index is 11.7. The zero-order chi connectivity index (χ0) is 12.4. The number of alkyl halides is 1. The Labute approximate surface area is 103 Å². The average molecular weight is 255 g/mol. The van der Waals surface area contributed by atoms with Crippen LogP contribution in [0.25, 0.3) is 0 Å². The Morgan fingerprint density at radius 2 is 2.35 bits per heavy atom. The normalized spacial score (nSPS) is 19.7. The first kappa shape index (κ1) is 11.9. The number of anilines is 1. The lowest BCUT2D eigenvalue weighted by molar-refractivity contribution is -0.117. The quantitative estimate of drug-likeness (QED) is 0.827. The summed E-state index contributed by atoms with van der Waals surface area (Å²) in [4.78, 5) is 27.9. The lowest BCUT2D eigenvalue weighted by atomic mass is 10.1. The fraction of sp³-hybridized carbons (Fsp3) is 0.364. The Morgan fingerprint density at radius 1 is 1.59 bits per heavy atom. The van der Waals surface area contributed by atoms with Crippen molar-refractivity contribution in [1.82, 2.24) is 4.98 Å². The molecule has 90 valence electrons. The molecule has 0 aromatic carbocycles. The van der Waals surface area contributed by atoms with Gasteiger partial charge < -0.3 is 5.11 Å². The number of pyridine rings is 1. The second-order valence-corrected chi connectivity index (χ2v) is 4.22. The highest BCUT2D eigenvalue weighted by molar-refractivity contribution is 6.18. The number of carboxylic acids is 1. The fourth-order valence-corrected chi connectivity index (χ4v) is 2.01. The van der Waals surface area contributed by atoms with Crippen LogP contribution in [0.4, 0.5) is 5.82 Å². The van der Waals surface area contributed by atoms with E-state index in [-0.39, 0.29) is 17.5 Å². The number of rotatable bonds is 3. The molecule has 1 atom stereocenters. The van der Waals surface area contributed by atoms with Crippen LogP contribution in [0.2, 0.25) is 0 Å². The van der Waals surface area contributed by atoms with Crippen molar-refractivity contribution in [2.45, 2.75) is 6.42 Å². The molecular formula is C11H11ClN2O3. The molecule has 17 heavy (non-hydrogen) atoms. The van der Waals surface area contributed by atoms with Crippen molar-refractivity contribution in [1.29, 1.82) is 0 Å². The summed E-state index contributed by atoms with van der Waals surface area (Å²) >= 11 is 5.71. The number of aromatic carboxylic acids is 1. The lowest BCUT2D eigenvalue weighted by Crippen LogP contribution is -2.26. The number of carbonyl (C=O) groups is 2. The molecule has 1 N–H and O–H groups in total. The molecule has 1 fully saturated rings. The highest BCUT2D eigenvalue weighted by Gasteiger charge is 2.30. The first-order valence-corrected chi connectivity index (χ1v) is 5.72. The first-order chi connectivity index (χ1) is 8.11. The van der Waals surface area contributed by atoms with Crippen molar-refractivity contribution in [3.63, 3.8) is 0 Å². The third-order valence-corrected chi connectivity index (χ3v) is 3.09. The maximum atomic E-state index is 11.7. The van der Waals surface area contributed by atoms with E-state index in [2.05, 4.69) is 4.98 Å².